The van der Waals surface area contributed by atoms with E-state index in [1.165, 1.54) is 0 Å². The summed E-state index contributed by atoms with van der Waals surface area (Å²) in [6.45, 7) is 0. The molecule has 5 nitrogen and oxygen atoms in total. The van der Waals surface area contributed by atoms with Crippen LogP contribution in [0.2, 0.25) is 0 Å². The summed E-state index contributed by atoms with van der Waals surface area (Å²) >= 11 is 2.01. The molecule has 1 aliphatic carbocycles. The number of alkyl halides is 1. The van der Waals surface area contributed by atoms with E-state index in [0.717, 1.165) is 11.3 Å². The third-order valence-electron chi connectivity index (χ3n) is 3.88. The smallest absolute Gasteiger partial charge is 0.168 e. The van der Waals surface area contributed by atoms with E-state index in [1.54, 1.807) is 46.6 Å². The average Bonchev–Trinajstić information content (AvgIpc) is 2.60. The molecule has 1 aromatic rings. The van der Waals surface area contributed by atoms with Gasteiger partial charge >= 0.3 is 0 Å². The Labute approximate surface area is 150 Å². The van der Waals surface area contributed by atoms with E-state index in [9.17, 15) is 5.11 Å². The van der Waals surface area contributed by atoms with Crippen LogP contribution in [0.5, 0.6) is 11.5 Å². The Balaban J connectivity index is 2.48. The number of benzene rings is 1. The summed E-state index contributed by atoms with van der Waals surface area (Å²) in [6, 6.07) is 5.34. The molecule has 0 saturated heterocycles. The summed E-state index contributed by atoms with van der Waals surface area (Å²) in [5.74, 6) is 2.04. The fraction of sp³-hybridized carbons (Fsp3) is 0.412. The third-order valence-corrected chi connectivity index (χ3v) is 5.08. The van der Waals surface area contributed by atoms with Gasteiger partial charge in [-0.25, -0.2) is 0 Å². The van der Waals surface area contributed by atoms with Crippen LogP contribution in [0.15, 0.2) is 41.7 Å². The molecule has 126 valence electrons. The minimum Gasteiger partial charge on any atom is -0.501 e. The summed E-state index contributed by atoms with van der Waals surface area (Å²) < 4.78 is 20.2. The predicted octanol–water partition coefficient (Wildman–Crippen LogP) is 3.16. The van der Waals surface area contributed by atoms with Crippen molar-refractivity contribution in [3.05, 3.63) is 47.2 Å². The van der Waals surface area contributed by atoms with Gasteiger partial charge in [-0.05, 0) is 40.8 Å². The van der Waals surface area contributed by atoms with Gasteiger partial charge in [-0.2, -0.15) is 0 Å². The van der Waals surface area contributed by atoms with Crippen molar-refractivity contribution in [1.82, 2.24) is 0 Å². The lowest BCUT2D eigenvalue weighted by atomic mass is 9.91. The maximum atomic E-state index is 11.2. The number of ether oxygens (including phenoxy) is 4. The normalized spacial score (nSPS) is 20.2. The second-order valence-corrected chi connectivity index (χ2v) is 6.64. The molecule has 0 radical (unpaired) electrons. The summed E-state index contributed by atoms with van der Waals surface area (Å²) in [5.41, 5.74) is 1.38. The first-order chi connectivity index (χ1) is 11.0. The molecule has 0 fully saturated rings. The molecule has 1 N–H and O–H groups in total. The van der Waals surface area contributed by atoms with Crippen molar-refractivity contribution in [3.63, 3.8) is 0 Å². The molecule has 2 unspecified atom stereocenters. The molecule has 0 bridgehead atoms. The number of aliphatic hydroxyl groups is 1. The lowest BCUT2D eigenvalue weighted by Crippen LogP contribution is -2.32. The first-order valence-corrected chi connectivity index (χ1v) is 8.17. The Hall–Kier alpha value is -1.25. The Morgan fingerprint density at radius 1 is 1.09 bits per heavy atom. The zero-order valence-corrected chi connectivity index (χ0v) is 15.8. The second-order valence-electron chi connectivity index (χ2n) is 5.08. The largest absolute Gasteiger partial charge is 0.501 e. The molecule has 0 aliphatic heterocycles. The summed E-state index contributed by atoms with van der Waals surface area (Å²) in [6.07, 6.45) is 3.99. The van der Waals surface area contributed by atoms with Crippen LogP contribution in [0, 0.1) is 0 Å². The van der Waals surface area contributed by atoms with Gasteiger partial charge in [-0.15, -0.1) is 0 Å². The molecule has 1 aromatic carbocycles. The van der Waals surface area contributed by atoms with Crippen molar-refractivity contribution >= 4 is 22.6 Å². The Morgan fingerprint density at radius 2 is 1.83 bits per heavy atom. The van der Waals surface area contributed by atoms with Crippen LogP contribution in [0.25, 0.3) is 0 Å². The molecule has 0 aromatic heterocycles. The zero-order valence-electron chi connectivity index (χ0n) is 13.6. The summed E-state index contributed by atoms with van der Waals surface area (Å²) in [7, 11) is 6.40. The maximum absolute atomic E-state index is 11.2. The molecular formula is C17H21IO5. The highest BCUT2D eigenvalue weighted by molar-refractivity contribution is 14.1. The van der Waals surface area contributed by atoms with E-state index in [2.05, 4.69) is 0 Å². The van der Waals surface area contributed by atoms with Crippen molar-refractivity contribution in [1.29, 1.82) is 0 Å². The van der Waals surface area contributed by atoms with E-state index >= 15 is 0 Å². The quantitative estimate of drug-likeness (QED) is 0.553. The molecule has 1 aliphatic rings. The summed E-state index contributed by atoms with van der Waals surface area (Å²) in [5, 5.41) is 11.2. The van der Waals surface area contributed by atoms with Crippen LogP contribution in [0.1, 0.15) is 12.0 Å². The minimum absolute atomic E-state index is 0.274. The zero-order chi connectivity index (χ0) is 17.0. The molecule has 6 heteroatoms. The van der Waals surface area contributed by atoms with Crippen molar-refractivity contribution in [3.8, 4) is 11.5 Å². The highest BCUT2D eigenvalue weighted by atomic mass is 127. The third kappa shape index (κ3) is 3.64. The lowest BCUT2D eigenvalue weighted by molar-refractivity contribution is 0.0781. The van der Waals surface area contributed by atoms with Gasteiger partial charge in [-0.1, -0.05) is 6.08 Å². The Morgan fingerprint density at radius 3 is 2.39 bits per heavy atom. The number of allylic oxidation sites excluding steroid dienone is 2. The number of methoxy groups -OCH3 is 4. The molecule has 0 amide bonds. The van der Waals surface area contributed by atoms with Crippen molar-refractivity contribution in [2.45, 2.75) is 16.1 Å². The van der Waals surface area contributed by atoms with E-state index in [-0.39, 0.29) is 6.10 Å². The molecule has 0 heterocycles. The van der Waals surface area contributed by atoms with Crippen LogP contribution in [-0.4, -0.2) is 39.6 Å². The number of hydrogen-bond donors (Lipinski definition) is 1. The van der Waals surface area contributed by atoms with E-state index in [1.807, 2.05) is 34.7 Å². The molecule has 2 atom stereocenters. The molecular weight excluding hydrogens is 411 g/mol. The highest BCUT2D eigenvalue weighted by Crippen LogP contribution is 2.46. The molecule has 0 spiro atoms. The first kappa shape index (κ1) is 18.1. The number of rotatable bonds is 6. The van der Waals surface area contributed by atoms with Crippen LogP contribution < -0.4 is 9.47 Å². The van der Waals surface area contributed by atoms with Crippen LogP contribution >= 0.6 is 22.6 Å². The molecule has 23 heavy (non-hydrogen) atoms. The van der Waals surface area contributed by atoms with Gasteiger partial charge in [0.1, 0.15) is 11.5 Å². The van der Waals surface area contributed by atoms with Crippen LogP contribution in [0.3, 0.4) is 0 Å². The van der Waals surface area contributed by atoms with E-state index in [0.29, 0.717) is 23.5 Å². The Bertz CT molecular complexity index is 621. The van der Waals surface area contributed by atoms with E-state index in [4.69, 9.17) is 18.9 Å². The topological polar surface area (TPSA) is 57.2 Å². The molecule has 2 rings (SSSR count). The summed E-state index contributed by atoms with van der Waals surface area (Å²) in [4.78, 5) is 0. The standard InChI is InChI=1S/C17H21IO5/c1-20-11-5-7-13(15(9-11)22-3)17(18,19)14-8-6-12(21-2)10-16(14)23-4/h5-9,16,19H,10H2,1-4H3. The van der Waals surface area contributed by atoms with Gasteiger partial charge in [0.2, 0.25) is 0 Å². The number of hydrogen-bond acceptors (Lipinski definition) is 5. The van der Waals surface area contributed by atoms with Crippen LogP contribution in [0.4, 0.5) is 0 Å². The fourth-order valence-electron chi connectivity index (χ4n) is 2.56. The van der Waals surface area contributed by atoms with Crippen molar-refractivity contribution in [2.75, 3.05) is 28.4 Å². The number of halogens is 1. The second kappa shape index (κ2) is 7.55. The molecule has 0 saturated carbocycles. The SMILES string of the molecule is COC1=CC=C(C(O)(I)c2ccc(OC)cc2OC)C(OC)C1. The monoisotopic (exact) mass is 432 g/mol. The first-order valence-electron chi connectivity index (χ1n) is 7.09. The minimum atomic E-state index is -1.27. The predicted molar refractivity (Wildman–Crippen MR) is 96.1 cm³/mol. The van der Waals surface area contributed by atoms with E-state index < -0.39 is 3.61 Å². The fourth-order valence-corrected chi connectivity index (χ4v) is 3.54. The highest BCUT2D eigenvalue weighted by Gasteiger charge is 2.39. The lowest BCUT2D eigenvalue weighted by Gasteiger charge is -2.33. The van der Waals surface area contributed by atoms with Gasteiger partial charge in [-0.3, -0.25) is 0 Å². The van der Waals surface area contributed by atoms with Crippen LogP contribution in [-0.2, 0) is 13.1 Å². The maximum Gasteiger partial charge on any atom is 0.168 e. The Kier molecular flexibility index (Phi) is 5.94. The van der Waals surface area contributed by atoms with Gasteiger partial charge in [0.05, 0.1) is 33.2 Å². The van der Waals surface area contributed by atoms with Gasteiger partial charge in [0.15, 0.2) is 3.61 Å². The van der Waals surface area contributed by atoms with Crippen molar-refractivity contribution in [2.24, 2.45) is 0 Å². The van der Waals surface area contributed by atoms with Gasteiger partial charge < -0.3 is 24.1 Å². The average molecular weight is 432 g/mol. The van der Waals surface area contributed by atoms with Gasteiger partial charge in [0, 0.05) is 30.7 Å². The van der Waals surface area contributed by atoms with Gasteiger partial charge in [0.25, 0.3) is 0 Å². The van der Waals surface area contributed by atoms with Crippen molar-refractivity contribution < 1.29 is 24.1 Å².